The van der Waals surface area contributed by atoms with E-state index in [1.165, 1.54) is 8.99 Å². The van der Waals surface area contributed by atoms with Crippen LogP contribution in [-0.4, -0.2) is 55.3 Å². The first kappa shape index (κ1) is 26.2. The lowest BCUT2D eigenvalue weighted by Crippen LogP contribution is -2.49. The van der Waals surface area contributed by atoms with Crippen LogP contribution in [0.4, 0.5) is 5.69 Å². The molecular weight excluding hydrogens is 526 g/mol. The number of rotatable bonds is 8. The molecule has 2 heterocycles. The van der Waals surface area contributed by atoms with Gasteiger partial charge in [0.05, 0.1) is 35.9 Å². The highest BCUT2D eigenvalue weighted by molar-refractivity contribution is 7.88. The quantitative estimate of drug-likeness (QED) is 0.419. The highest BCUT2D eigenvalue weighted by Gasteiger charge is 2.39. The number of halogens is 1. The Morgan fingerprint density at radius 3 is 2.53 bits per heavy atom. The van der Waals surface area contributed by atoms with Gasteiger partial charge in [-0.3, -0.25) is 4.79 Å². The van der Waals surface area contributed by atoms with E-state index in [0.29, 0.717) is 47.2 Å². The van der Waals surface area contributed by atoms with Gasteiger partial charge in [-0.05, 0) is 48.7 Å². The van der Waals surface area contributed by atoms with Crippen molar-refractivity contribution >= 4 is 27.3 Å². The molecule has 1 aromatic heterocycles. The number of anilines is 1. The maximum atomic E-state index is 13.5. The molecular formula is C27H28ClN5O4S. The Labute approximate surface area is 226 Å². The molecule has 198 valence electrons. The molecule has 2 aliphatic rings. The van der Waals surface area contributed by atoms with Crippen molar-refractivity contribution in [3.63, 3.8) is 0 Å². The van der Waals surface area contributed by atoms with E-state index in [9.17, 15) is 13.2 Å². The average molecular weight is 554 g/mol. The van der Waals surface area contributed by atoms with E-state index in [0.717, 1.165) is 12.8 Å². The molecule has 0 N–H and O–H groups in total. The van der Waals surface area contributed by atoms with Crippen molar-refractivity contribution in [3.8, 4) is 17.5 Å². The molecule has 0 spiro atoms. The Kier molecular flexibility index (Phi) is 7.18. The topological polar surface area (TPSA) is 109 Å². The Morgan fingerprint density at radius 2 is 1.84 bits per heavy atom. The number of benzene rings is 2. The van der Waals surface area contributed by atoms with E-state index in [1.807, 2.05) is 11.0 Å². The number of nitriles is 1. The molecule has 2 fully saturated rings. The summed E-state index contributed by atoms with van der Waals surface area (Å²) in [5.41, 5.74) is 1.76. The summed E-state index contributed by atoms with van der Waals surface area (Å²) in [5, 5.41) is 14.0. The van der Waals surface area contributed by atoms with Crippen LogP contribution in [0.1, 0.15) is 30.9 Å². The number of piperazine rings is 1. The van der Waals surface area contributed by atoms with Crippen LogP contribution in [0.2, 0.25) is 5.02 Å². The molecule has 1 aliphatic heterocycles. The van der Waals surface area contributed by atoms with Crippen molar-refractivity contribution in [2.75, 3.05) is 37.7 Å². The highest BCUT2D eigenvalue weighted by atomic mass is 35.5. The summed E-state index contributed by atoms with van der Waals surface area (Å²) in [4.78, 5) is 15.5. The fourth-order valence-corrected chi connectivity index (χ4v) is 6.11. The summed E-state index contributed by atoms with van der Waals surface area (Å²) >= 11 is 6.14. The molecule has 0 atom stereocenters. The van der Waals surface area contributed by atoms with Gasteiger partial charge in [0.15, 0.2) is 0 Å². The first-order valence-corrected chi connectivity index (χ1v) is 14.4. The summed E-state index contributed by atoms with van der Waals surface area (Å²) in [5.74, 6) is 0.0323. The zero-order chi connectivity index (χ0) is 26.9. The normalized spacial score (nSPS) is 17.1. The van der Waals surface area contributed by atoms with E-state index < -0.39 is 10.0 Å². The summed E-state index contributed by atoms with van der Waals surface area (Å²) in [6.45, 7) is 3.83. The Morgan fingerprint density at radius 1 is 1.11 bits per heavy atom. The van der Waals surface area contributed by atoms with Gasteiger partial charge in [-0.2, -0.15) is 19.3 Å². The third-order valence-corrected chi connectivity index (χ3v) is 9.10. The molecule has 0 amide bonds. The fraction of sp³-hybridized carbons (Fsp3) is 0.370. The average Bonchev–Trinajstić information content (AvgIpc) is 3.65. The molecule has 0 unspecified atom stereocenters. The maximum Gasteiger partial charge on any atom is 0.316 e. The van der Waals surface area contributed by atoms with Crippen LogP contribution in [0.15, 0.2) is 59.5 Å². The lowest BCUT2D eigenvalue weighted by molar-refractivity contribution is 0.242. The van der Waals surface area contributed by atoms with Crippen LogP contribution in [-0.2, 0) is 15.8 Å². The van der Waals surface area contributed by atoms with Crippen LogP contribution < -0.4 is 15.2 Å². The second kappa shape index (κ2) is 10.4. The van der Waals surface area contributed by atoms with Gasteiger partial charge in [-0.25, -0.2) is 8.42 Å². The molecule has 1 aliphatic carbocycles. The summed E-state index contributed by atoms with van der Waals surface area (Å²) in [6.07, 6.45) is 3.69. The van der Waals surface area contributed by atoms with Crippen LogP contribution in [0.25, 0.3) is 5.69 Å². The van der Waals surface area contributed by atoms with Crippen molar-refractivity contribution in [3.05, 3.63) is 81.2 Å². The second-order valence-electron chi connectivity index (χ2n) is 10.1. The van der Waals surface area contributed by atoms with Gasteiger partial charge >= 0.3 is 5.56 Å². The van der Waals surface area contributed by atoms with Gasteiger partial charge in [-0.1, -0.05) is 36.7 Å². The Balaban J connectivity index is 1.36. The number of nitrogens with zero attached hydrogens (tertiary/aromatic N) is 5. The maximum absolute atomic E-state index is 13.5. The van der Waals surface area contributed by atoms with Crippen LogP contribution in [0.5, 0.6) is 5.75 Å². The van der Waals surface area contributed by atoms with Crippen molar-refractivity contribution in [1.29, 1.82) is 5.26 Å². The standard InChI is InChI=1S/C27H28ClN5O4S/c1-27(8-9-27)19-37-25-24(17-30-33(26(25)34)23-7-3-6-22(28)15-23)31-10-12-32(13-11-31)38(35,36)18-21-5-2-4-20(14-21)16-29/h2-7,14-15,17H,8-13,18-19H2,1H3. The van der Waals surface area contributed by atoms with Gasteiger partial charge < -0.3 is 9.64 Å². The van der Waals surface area contributed by atoms with Crippen LogP contribution >= 0.6 is 11.6 Å². The van der Waals surface area contributed by atoms with Crippen molar-refractivity contribution in [2.45, 2.75) is 25.5 Å². The smallest absolute Gasteiger partial charge is 0.316 e. The van der Waals surface area contributed by atoms with E-state index in [4.69, 9.17) is 21.6 Å². The molecule has 11 heteroatoms. The Hall–Kier alpha value is -3.39. The van der Waals surface area contributed by atoms with E-state index in [1.54, 1.807) is 54.7 Å². The third kappa shape index (κ3) is 5.70. The molecule has 1 saturated heterocycles. The highest BCUT2D eigenvalue weighted by Crippen LogP contribution is 2.45. The molecule has 9 nitrogen and oxygen atoms in total. The molecule has 3 aromatic rings. The minimum Gasteiger partial charge on any atom is -0.486 e. The van der Waals surface area contributed by atoms with Crippen molar-refractivity contribution in [1.82, 2.24) is 14.1 Å². The van der Waals surface area contributed by atoms with Gasteiger partial charge in [0.2, 0.25) is 15.8 Å². The SMILES string of the molecule is CC1(COc2c(N3CCN(S(=O)(=O)Cc4cccc(C#N)c4)CC3)cnn(-c3cccc(Cl)c3)c2=O)CC1. The molecule has 0 radical (unpaired) electrons. The minimum absolute atomic E-state index is 0.0590. The zero-order valence-corrected chi connectivity index (χ0v) is 22.6. The van der Waals surface area contributed by atoms with E-state index in [-0.39, 0.29) is 35.6 Å². The van der Waals surface area contributed by atoms with Crippen LogP contribution in [0, 0.1) is 16.7 Å². The predicted octanol–water partition coefficient (Wildman–Crippen LogP) is 3.59. The number of hydrogen-bond donors (Lipinski definition) is 0. The van der Waals surface area contributed by atoms with Gasteiger partial charge in [0, 0.05) is 36.6 Å². The number of sulfonamides is 1. The van der Waals surface area contributed by atoms with E-state index in [2.05, 4.69) is 12.0 Å². The minimum atomic E-state index is -3.58. The monoisotopic (exact) mass is 553 g/mol. The summed E-state index contributed by atoms with van der Waals surface area (Å²) in [7, 11) is -3.58. The summed E-state index contributed by atoms with van der Waals surface area (Å²) < 4.78 is 35.0. The third-order valence-electron chi connectivity index (χ3n) is 7.01. The number of hydrogen-bond acceptors (Lipinski definition) is 7. The van der Waals surface area contributed by atoms with Gasteiger partial charge in [0.1, 0.15) is 5.69 Å². The first-order chi connectivity index (χ1) is 18.2. The van der Waals surface area contributed by atoms with Gasteiger partial charge in [-0.15, -0.1) is 0 Å². The van der Waals surface area contributed by atoms with Gasteiger partial charge in [0.25, 0.3) is 0 Å². The predicted molar refractivity (Wildman–Crippen MR) is 145 cm³/mol. The number of aromatic nitrogens is 2. The lowest BCUT2D eigenvalue weighted by atomic mass is 10.2. The molecule has 0 bridgehead atoms. The lowest BCUT2D eigenvalue weighted by Gasteiger charge is -2.35. The second-order valence-corrected chi connectivity index (χ2v) is 12.5. The van der Waals surface area contributed by atoms with Crippen molar-refractivity contribution < 1.29 is 13.2 Å². The molecule has 38 heavy (non-hydrogen) atoms. The largest absolute Gasteiger partial charge is 0.486 e. The molecule has 2 aromatic carbocycles. The Bertz CT molecular complexity index is 1550. The fourth-order valence-electron chi connectivity index (χ4n) is 4.43. The summed E-state index contributed by atoms with van der Waals surface area (Å²) in [6, 6.07) is 15.6. The zero-order valence-electron chi connectivity index (χ0n) is 21.0. The first-order valence-electron chi connectivity index (χ1n) is 12.4. The van der Waals surface area contributed by atoms with Crippen molar-refractivity contribution in [2.24, 2.45) is 5.41 Å². The van der Waals surface area contributed by atoms with E-state index >= 15 is 0 Å². The van der Waals surface area contributed by atoms with Crippen LogP contribution in [0.3, 0.4) is 0 Å². The molecule has 1 saturated carbocycles. The molecule has 5 rings (SSSR count). The number of ether oxygens (including phenoxy) is 1.